The number of ketones is 1. The molecule has 7 amide bonds. The van der Waals surface area contributed by atoms with E-state index in [1.54, 1.807) is 51.3 Å². The van der Waals surface area contributed by atoms with Gasteiger partial charge in [0.25, 0.3) is 29.5 Å². The zero-order valence-electron chi connectivity index (χ0n) is 38.8. The van der Waals surface area contributed by atoms with Gasteiger partial charge in [0.05, 0.1) is 25.3 Å². The van der Waals surface area contributed by atoms with E-state index in [4.69, 9.17) is 23.7 Å². The number of ether oxygens (including phenoxy) is 5. The third kappa shape index (κ3) is 11.8. The van der Waals surface area contributed by atoms with Gasteiger partial charge < -0.3 is 39.2 Å². The van der Waals surface area contributed by atoms with Crippen LogP contribution in [-0.2, 0) is 44.7 Å². The number of likely N-dealkylation sites (tertiary alicyclic amines) is 1. The number of nitrogens with one attached hydrogen (secondary N) is 3. The summed E-state index contributed by atoms with van der Waals surface area (Å²) in [4.78, 5) is 119. The minimum Gasteiger partial charge on any atom is -0.493 e. The molecule has 0 bridgehead atoms. The normalized spacial score (nSPS) is 17.4. The number of methoxy groups -OCH3 is 2. The van der Waals surface area contributed by atoms with E-state index in [0.29, 0.717) is 61.3 Å². The molecule has 2 fully saturated rings. The van der Waals surface area contributed by atoms with Gasteiger partial charge in [-0.1, -0.05) is 45.0 Å². The van der Waals surface area contributed by atoms with Crippen molar-refractivity contribution < 1.29 is 66.8 Å². The van der Waals surface area contributed by atoms with Crippen molar-refractivity contribution in [2.45, 2.75) is 90.3 Å². The second kappa shape index (κ2) is 22.5. The van der Waals surface area contributed by atoms with Crippen LogP contribution in [0.1, 0.15) is 104 Å². The standard InChI is InChI=1S/C49H57N5O14/c1-6-49(2,3)43(58)47(62)53-24-8-7-14-34(53)48(63)68-35(19-16-29-17-20-36(64-4)38(25-29)65-5)30-11-9-12-31(26-30)66-27-40(56)50-22-23-51-41(57)28-67-37-15-10-13-32-42(37)46(61)54(45(32)60)33-18-21-39(55)52-44(33)59/h9-13,15,17,20,25-26,33-35H,6-8,14,16,18-19,21-24,27-28H2,1-5H3,(H,50,56)(H,51,57)(H,52,55,59)/t33?,34-,35+/m0/s1. The number of Topliss-reactive ketones (excluding diaryl/α,β-unsaturated/α-hetero) is 1. The molecule has 0 aliphatic carbocycles. The number of piperidine rings is 2. The van der Waals surface area contributed by atoms with E-state index in [0.717, 1.165) is 10.5 Å². The fourth-order valence-electron chi connectivity index (χ4n) is 8.05. The van der Waals surface area contributed by atoms with Crippen LogP contribution in [0.4, 0.5) is 0 Å². The Bertz CT molecular complexity index is 2450. The van der Waals surface area contributed by atoms with Crippen LogP contribution in [0.5, 0.6) is 23.0 Å². The van der Waals surface area contributed by atoms with Gasteiger partial charge in [0.15, 0.2) is 24.7 Å². The van der Waals surface area contributed by atoms with Crippen LogP contribution in [0.2, 0.25) is 0 Å². The van der Waals surface area contributed by atoms with Crippen LogP contribution < -0.4 is 34.9 Å². The highest BCUT2D eigenvalue weighted by molar-refractivity contribution is 6.38. The van der Waals surface area contributed by atoms with Gasteiger partial charge in [-0.05, 0) is 92.5 Å². The number of carbonyl (C=O) groups excluding carboxylic acids is 9. The predicted molar refractivity (Wildman–Crippen MR) is 242 cm³/mol. The summed E-state index contributed by atoms with van der Waals surface area (Å²) in [5, 5.41) is 7.39. The van der Waals surface area contributed by atoms with Crippen molar-refractivity contribution in [2.75, 3.05) is 47.1 Å². The molecule has 3 N–H and O–H groups in total. The molecule has 3 heterocycles. The molecule has 68 heavy (non-hydrogen) atoms. The number of nitrogens with zero attached hydrogens (tertiary/aromatic N) is 2. The maximum absolute atomic E-state index is 14.0. The number of imide groups is 2. The number of hydrogen-bond acceptors (Lipinski definition) is 14. The number of rotatable bonds is 21. The lowest BCUT2D eigenvalue weighted by Gasteiger charge is -2.36. The average molecular weight is 940 g/mol. The Hall–Kier alpha value is -7.31. The molecule has 3 aliphatic heterocycles. The molecule has 0 radical (unpaired) electrons. The first kappa shape index (κ1) is 50.1. The fraction of sp³-hybridized carbons (Fsp3) is 0.449. The molecule has 0 aromatic heterocycles. The molecule has 362 valence electrons. The summed E-state index contributed by atoms with van der Waals surface area (Å²) < 4.78 is 28.5. The van der Waals surface area contributed by atoms with Crippen molar-refractivity contribution in [1.29, 1.82) is 0 Å². The van der Waals surface area contributed by atoms with Gasteiger partial charge in [-0.15, -0.1) is 0 Å². The predicted octanol–water partition coefficient (Wildman–Crippen LogP) is 3.40. The zero-order valence-corrected chi connectivity index (χ0v) is 38.8. The summed E-state index contributed by atoms with van der Waals surface area (Å²) in [6.45, 7) is 4.64. The van der Waals surface area contributed by atoms with Gasteiger partial charge in [0, 0.05) is 31.5 Å². The summed E-state index contributed by atoms with van der Waals surface area (Å²) in [5.74, 6) is -4.32. The van der Waals surface area contributed by atoms with Crippen LogP contribution in [0.15, 0.2) is 60.7 Å². The molecule has 2 saturated heterocycles. The second-order valence-electron chi connectivity index (χ2n) is 17.2. The number of carbonyl (C=O) groups is 9. The van der Waals surface area contributed by atoms with Gasteiger partial charge in [0.1, 0.15) is 29.7 Å². The maximum atomic E-state index is 14.0. The van der Waals surface area contributed by atoms with E-state index in [1.165, 1.54) is 30.2 Å². The number of benzene rings is 3. The van der Waals surface area contributed by atoms with Crippen molar-refractivity contribution in [3.63, 3.8) is 0 Å². The summed E-state index contributed by atoms with van der Waals surface area (Å²) in [6.07, 6.45) is 2.04. The minimum atomic E-state index is -1.16. The molecule has 1 unspecified atom stereocenters. The smallest absolute Gasteiger partial charge is 0.329 e. The molecule has 3 aliphatic rings. The Labute approximate surface area is 393 Å². The molecule has 19 heteroatoms. The SMILES string of the molecule is CCC(C)(C)C(=O)C(=O)N1CCCC[C@H]1C(=O)O[C@H](CCc1ccc(OC)c(OC)c1)c1cccc(OCC(=O)NCCNC(=O)COc2cccc3c2C(=O)N(C2CCC(=O)NC2=O)C3=O)c1. The number of hydrogen-bond donors (Lipinski definition) is 3. The zero-order chi connectivity index (χ0) is 49.1. The molecular formula is C49H57N5O14. The molecule has 0 spiro atoms. The van der Waals surface area contributed by atoms with Crippen molar-refractivity contribution in [3.05, 3.63) is 82.9 Å². The third-order valence-corrected chi connectivity index (χ3v) is 12.3. The Kier molecular flexibility index (Phi) is 16.5. The van der Waals surface area contributed by atoms with E-state index in [-0.39, 0.29) is 56.0 Å². The lowest BCUT2D eigenvalue weighted by molar-refractivity contribution is -0.164. The van der Waals surface area contributed by atoms with Crippen molar-refractivity contribution >= 4 is 53.1 Å². The Morgan fingerprint density at radius 1 is 0.809 bits per heavy atom. The van der Waals surface area contributed by atoms with Crippen molar-refractivity contribution in [3.8, 4) is 23.0 Å². The fourth-order valence-corrected chi connectivity index (χ4v) is 8.05. The highest BCUT2D eigenvalue weighted by Crippen LogP contribution is 2.35. The van der Waals surface area contributed by atoms with Crippen molar-refractivity contribution in [1.82, 2.24) is 25.8 Å². The van der Waals surface area contributed by atoms with Crippen LogP contribution in [0.25, 0.3) is 0 Å². The van der Waals surface area contributed by atoms with Gasteiger partial charge in [-0.3, -0.25) is 48.6 Å². The highest BCUT2D eigenvalue weighted by Gasteiger charge is 2.46. The quantitative estimate of drug-likeness (QED) is 0.0601. The molecule has 3 aromatic carbocycles. The largest absolute Gasteiger partial charge is 0.493 e. The third-order valence-electron chi connectivity index (χ3n) is 12.3. The van der Waals surface area contributed by atoms with E-state index in [1.807, 2.05) is 19.1 Å². The molecule has 3 aromatic rings. The van der Waals surface area contributed by atoms with Gasteiger partial charge in [-0.25, -0.2) is 4.79 Å². The first-order valence-corrected chi connectivity index (χ1v) is 22.6. The Morgan fingerprint density at radius 3 is 2.21 bits per heavy atom. The highest BCUT2D eigenvalue weighted by atomic mass is 16.5. The molecule has 0 saturated carbocycles. The van der Waals surface area contributed by atoms with E-state index in [9.17, 15) is 43.2 Å². The van der Waals surface area contributed by atoms with E-state index in [2.05, 4.69) is 16.0 Å². The van der Waals surface area contributed by atoms with Gasteiger partial charge in [-0.2, -0.15) is 0 Å². The van der Waals surface area contributed by atoms with Crippen LogP contribution in [0.3, 0.4) is 0 Å². The number of esters is 1. The average Bonchev–Trinajstić information content (AvgIpc) is 3.60. The number of fused-ring (bicyclic) bond motifs is 1. The monoisotopic (exact) mass is 939 g/mol. The van der Waals surface area contributed by atoms with Crippen LogP contribution >= 0.6 is 0 Å². The van der Waals surface area contributed by atoms with Crippen LogP contribution in [0, 0.1) is 5.41 Å². The summed E-state index contributed by atoms with van der Waals surface area (Å²) in [6, 6.07) is 14.5. The summed E-state index contributed by atoms with van der Waals surface area (Å²) >= 11 is 0. The van der Waals surface area contributed by atoms with Crippen molar-refractivity contribution in [2.24, 2.45) is 5.41 Å². The first-order valence-electron chi connectivity index (χ1n) is 22.6. The number of aryl methyl sites for hydroxylation is 1. The lowest BCUT2D eigenvalue weighted by Crippen LogP contribution is -2.54. The maximum Gasteiger partial charge on any atom is 0.329 e. The Morgan fingerprint density at radius 2 is 1.51 bits per heavy atom. The summed E-state index contributed by atoms with van der Waals surface area (Å²) in [5.41, 5.74) is 0.476. The summed E-state index contributed by atoms with van der Waals surface area (Å²) in [7, 11) is 3.08. The first-order chi connectivity index (χ1) is 32.6. The minimum absolute atomic E-state index is 0.00514. The molecule has 19 nitrogen and oxygen atoms in total. The lowest BCUT2D eigenvalue weighted by atomic mass is 9.84. The van der Waals surface area contributed by atoms with E-state index < -0.39 is 83.3 Å². The van der Waals surface area contributed by atoms with Gasteiger partial charge >= 0.3 is 5.97 Å². The molecule has 3 atom stereocenters. The topological polar surface area (TPSA) is 242 Å². The second-order valence-corrected chi connectivity index (χ2v) is 17.2. The van der Waals surface area contributed by atoms with Gasteiger partial charge in [0.2, 0.25) is 17.6 Å². The van der Waals surface area contributed by atoms with E-state index >= 15 is 0 Å². The Balaban J connectivity index is 1.02. The molecular weight excluding hydrogens is 883 g/mol. The number of amides is 7. The van der Waals surface area contributed by atoms with Crippen LogP contribution in [-0.4, -0.2) is 122 Å². The molecule has 6 rings (SSSR count).